The van der Waals surface area contributed by atoms with Crippen molar-refractivity contribution in [2.45, 2.75) is 37.0 Å². The van der Waals surface area contributed by atoms with Crippen LogP contribution in [0.3, 0.4) is 0 Å². The van der Waals surface area contributed by atoms with Crippen LogP contribution in [0.1, 0.15) is 26.7 Å². The summed E-state index contributed by atoms with van der Waals surface area (Å²) < 4.78 is 9.51. The number of nitrogens with zero attached hydrogens (tertiary/aromatic N) is 3. The lowest BCUT2D eigenvalue weighted by Gasteiger charge is -2.02. The number of halogens is 5. The van der Waals surface area contributed by atoms with Gasteiger partial charge in [0.05, 0.1) is 0 Å². The number of thioether (sulfide) groups is 2. The van der Waals surface area contributed by atoms with Crippen molar-refractivity contribution in [1.82, 2.24) is 19.9 Å². The zero-order chi connectivity index (χ0) is 24.2. The van der Waals surface area contributed by atoms with Crippen LogP contribution in [0.4, 0.5) is 11.4 Å². The molecule has 2 rings (SSSR count). The summed E-state index contributed by atoms with van der Waals surface area (Å²) in [5.74, 6) is 1.38. The molecule has 0 aromatic carbocycles. The third kappa shape index (κ3) is 14.5. The van der Waals surface area contributed by atoms with E-state index in [4.69, 9.17) is 39.8 Å². The Bertz CT molecular complexity index is 918. The molecule has 2 aromatic rings. The Labute approximate surface area is 212 Å². The van der Waals surface area contributed by atoms with Gasteiger partial charge in [0, 0.05) is 11.5 Å². The quantitative estimate of drug-likeness (QED) is 0.131. The second-order valence-corrected chi connectivity index (χ2v) is 14.7. The van der Waals surface area contributed by atoms with E-state index in [0.29, 0.717) is 10.3 Å². The van der Waals surface area contributed by atoms with Gasteiger partial charge in [-0.3, -0.25) is 14.3 Å². The number of hydrogen-bond donors (Lipinski definition) is 4. The molecule has 0 amide bonds. The standard InChI is InChI=1S/C7H9Cl2N3S.C7H11N3O2S.Cl3OP/c1-2-3-13-7-11-5(8)4(10)6(9)12-7;1-2-3-13-7-9-5(11)4(8)6(12)10-7;1-5(2,3)4/h2-3,10H2,1H3;2-3,8H2,1H3,(H2,9,10,11,12);. The van der Waals surface area contributed by atoms with Crippen LogP contribution in [0.5, 0.6) is 5.88 Å². The molecule has 176 valence electrons. The van der Waals surface area contributed by atoms with Crippen molar-refractivity contribution >= 4 is 97.0 Å². The van der Waals surface area contributed by atoms with Crippen molar-refractivity contribution in [3.05, 3.63) is 20.7 Å². The maximum absolute atomic E-state index is 11.0. The smallest absolute Gasteiger partial charge is 0.339 e. The normalized spacial score (nSPS) is 10.5. The van der Waals surface area contributed by atoms with Gasteiger partial charge in [0.1, 0.15) is 5.69 Å². The molecule has 0 bridgehead atoms. The lowest BCUT2D eigenvalue weighted by Crippen LogP contribution is -2.13. The van der Waals surface area contributed by atoms with Crippen LogP contribution < -0.4 is 17.0 Å². The Kier molecular flexibility index (Phi) is 15.4. The molecular formula is C14H20Cl5N6O3PS2. The fourth-order valence-corrected chi connectivity index (χ4v) is 3.27. The van der Waals surface area contributed by atoms with Crippen LogP contribution in [0.2, 0.25) is 10.3 Å². The summed E-state index contributed by atoms with van der Waals surface area (Å²) in [6.45, 7) is 4.09. The Hall–Kier alpha value is -0.260. The van der Waals surface area contributed by atoms with Crippen molar-refractivity contribution in [2.24, 2.45) is 0 Å². The number of nitrogens with one attached hydrogen (secondary N) is 1. The van der Waals surface area contributed by atoms with E-state index in [1.165, 1.54) is 23.5 Å². The number of aromatic nitrogens is 4. The molecule has 6 N–H and O–H groups in total. The maximum Gasteiger partial charge on any atom is 0.339 e. The van der Waals surface area contributed by atoms with Crippen molar-refractivity contribution in [1.29, 1.82) is 0 Å². The van der Waals surface area contributed by atoms with Crippen LogP contribution in [0.15, 0.2) is 15.1 Å². The van der Waals surface area contributed by atoms with Gasteiger partial charge in [-0.15, -0.1) is 0 Å². The number of nitrogens with two attached hydrogens (primary N) is 2. The van der Waals surface area contributed by atoms with Crippen LogP contribution in [0, 0.1) is 0 Å². The zero-order valence-corrected chi connectivity index (χ0v) is 22.5. The van der Waals surface area contributed by atoms with Crippen LogP contribution in [0.25, 0.3) is 0 Å². The van der Waals surface area contributed by atoms with Gasteiger partial charge in [-0.1, -0.05) is 60.6 Å². The number of aromatic amines is 1. The molecule has 17 heteroatoms. The second-order valence-electron chi connectivity index (χ2n) is 5.21. The topological polar surface area (TPSA) is 161 Å². The van der Waals surface area contributed by atoms with E-state index in [1.807, 2.05) is 6.92 Å². The van der Waals surface area contributed by atoms with Crippen molar-refractivity contribution in [3.8, 4) is 5.88 Å². The number of hydrogen-bond acceptors (Lipinski definition) is 10. The van der Waals surface area contributed by atoms with Crippen LogP contribution in [-0.2, 0) is 4.57 Å². The third-order valence-corrected chi connectivity index (χ3v) is 5.33. The van der Waals surface area contributed by atoms with E-state index in [-0.39, 0.29) is 21.7 Å². The molecule has 0 radical (unpaired) electrons. The number of H-pyrrole nitrogens is 1. The molecule has 0 aliphatic carbocycles. The number of nitrogen functional groups attached to an aromatic ring is 2. The van der Waals surface area contributed by atoms with E-state index in [1.54, 1.807) is 0 Å². The van der Waals surface area contributed by atoms with E-state index in [9.17, 15) is 9.36 Å². The monoisotopic (exact) mass is 590 g/mol. The first-order chi connectivity index (χ1) is 14.3. The molecule has 0 aliphatic heterocycles. The molecule has 31 heavy (non-hydrogen) atoms. The summed E-state index contributed by atoms with van der Waals surface area (Å²) in [4.78, 5) is 25.2. The average molecular weight is 593 g/mol. The summed E-state index contributed by atoms with van der Waals surface area (Å²) in [6, 6.07) is 0. The van der Waals surface area contributed by atoms with Gasteiger partial charge in [0.2, 0.25) is 5.88 Å². The number of rotatable bonds is 6. The SMILES string of the molecule is CCCSc1nc(Cl)c(N)c(Cl)n1.CCCSc1nc(O)c(N)c(=O)[nH]1.O=P(Cl)(Cl)Cl. The largest absolute Gasteiger partial charge is 0.492 e. The van der Waals surface area contributed by atoms with Gasteiger partial charge >= 0.3 is 5.20 Å². The fraction of sp³-hybridized carbons (Fsp3) is 0.429. The van der Waals surface area contributed by atoms with Crippen molar-refractivity contribution in [2.75, 3.05) is 23.0 Å². The zero-order valence-electron chi connectivity index (χ0n) is 16.2. The molecule has 2 aromatic heterocycles. The van der Waals surface area contributed by atoms with Gasteiger partial charge in [0.15, 0.2) is 26.3 Å². The van der Waals surface area contributed by atoms with Crippen molar-refractivity contribution < 1.29 is 9.67 Å². The molecule has 0 saturated heterocycles. The molecule has 2 heterocycles. The second kappa shape index (κ2) is 15.6. The van der Waals surface area contributed by atoms with E-state index < -0.39 is 16.6 Å². The van der Waals surface area contributed by atoms with E-state index in [2.05, 4.69) is 60.6 Å². The summed E-state index contributed by atoms with van der Waals surface area (Å²) in [7, 11) is 0. The minimum absolute atomic E-state index is 0.221. The predicted molar refractivity (Wildman–Crippen MR) is 135 cm³/mol. The average Bonchev–Trinajstić information content (AvgIpc) is 2.66. The summed E-state index contributed by atoms with van der Waals surface area (Å²) in [5, 5.41) is 7.31. The van der Waals surface area contributed by atoms with Crippen LogP contribution >= 0.6 is 85.6 Å². The van der Waals surface area contributed by atoms with Gasteiger partial charge in [0.25, 0.3) is 5.56 Å². The highest BCUT2D eigenvalue weighted by atomic mass is 36.0. The number of anilines is 2. The Morgan fingerprint density at radius 1 is 0.968 bits per heavy atom. The summed E-state index contributed by atoms with van der Waals surface area (Å²) in [6.07, 6.45) is 2.02. The molecule has 0 fully saturated rings. The molecule has 0 saturated carbocycles. The van der Waals surface area contributed by atoms with E-state index >= 15 is 0 Å². The minimum Gasteiger partial charge on any atom is -0.492 e. The first-order valence-corrected chi connectivity index (χ1v) is 15.5. The van der Waals surface area contributed by atoms with Gasteiger partial charge in [-0.2, -0.15) is 4.98 Å². The summed E-state index contributed by atoms with van der Waals surface area (Å²) >= 11 is 28.2. The van der Waals surface area contributed by atoms with Crippen molar-refractivity contribution in [3.63, 3.8) is 0 Å². The van der Waals surface area contributed by atoms with Gasteiger partial charge < -0.3 is 16.6 Å². The van der Waals surface area contributed by atoms with Gasteiger partial charge in [-0.25, -0.2) is 9.97 Å². The molecule has 0 unspecified atom stereocenters. The van der Waals surface area contributed by atoms with Crippen LogP contribution in [-0.4, -0.2) is 36.5 Å². The highest BCUT2D eigenvalue weighted by molar-refractivity contribution is 8.24. The Morgan fingerprint density at radius 2 is 1.42 bits per heavy atom. The Morgan fingerprint density at radius 3 is 1.84 bits per heavy atom. The Balaban J connectivity index is 0.000000479. The first kappa shape index (κ1) is 30.7. The highest BCUT2D eigenvalue weighted by Gasteiger charge is 2.08. The molecule has 9 nitrogen and oxygen atoms in total. The molecule has 0 aliphatic rings. The number of aromatic hydroxyl groups is 1. The minimum atomic E-state index is -3.22. The maximum atomic E-state index is 11.0. The fourth-order valence-electron chi connectivity index (χ4n) is 1.37. The predicted octanol–water partition coefficient (Wildman–Crippen LogP) is 6.24. The molecule has 0 atom stereocenters. The molecular weight excluding hydrogens is 573 g/mol. The third-order valence-electron chi connectivity index (χ3n) is 2.62. The lowest BCUT2D eigenvalue weighted by atomic mass is 10.5. The van der Waals surface area contributed by atoms with E-state index in [0.717, 1.165) is 24.3 Å². The lowest BCUT2D eigenvalue weighted by molar-refractivity contribution is 0.447. The summed E-state index contributed by atoms with van der Waals surface area (Å²) in [5.41, 5.74) is 10.2. The first-order valence-electron chi connectivity index (χ1n) is 8.31. The van der Waals surface area contributed by atoms with Gasteiger partial charge in [-0.05, 0) is 46.6 Å². The highest BCUT2D eigenvalue weighted by Crippen LogP contribution is 2.61. The molecule has 0 spiro atoms.